The molecule has 0 aromatic carbocycles. The topological polar surface area (TPSA) is 0 Å². The summed E-state index contributed by atoms with van der Waals surface area (Å²) in [6.07, 6.45) is 3.44. The fourth-order valence-electron chi connectivity index (χ4n) is 0.579. The van der Waals surface area contributed by atoms with E-state index < -0.39 is 0 Å². The van der Waals surface area contributed by atoms with Crippen molar-refractivity contribution >= 4 is 21.6 Å². The van der Waals surface area contributed by atoms with Gasteiger partial charge in [0.25, 0.3) is 0 Å². The molecule has 0 nitrogen and oxygen atoms in total. The molecule has 1 unspecified atom stereocenters. The molecule has 56 valence electrons. The van der Waals surface area contributed by atoms with Crippen LogP contribution in [0.25, 0.3) is 0 Å². The Hall–Kier alpha value is 0.700. The van der Waals surface area contributed by atoms with Gasteiger partial charge in [-0.25, -0.2) is 0 Å². The molecule has 0 saturated heterocycles. The average molecular weight is 164 g/mol. The predicted molar refractivity (Wildman–Crippen MR) is 50.0 cm³/mol. The second kappa shape index (κ2) is 5.48. The summed E-state index contributed by atoms with van der Waals surface area (Å²) in [5.41, 5.74) is 0. The molecule has 0 aliphatic rings. The molecule has 9 heavy (non-hydrogen) atoms. The third-order valence-corrected chi connectivity index (χ3v) is 4.14. The van der Waals surface area contributed by atoms with Crippen LogP contribution in [0.4, 0.5) is 0 Å². The largest absolute Gasteiger partial charge is 0.0973 e. The summed E-state index contributed by atoms with van der Waals surface area (Å²) in [4.78, 5) is 0. The van der Waals surface area contributed by atoms with Crippen LogP contribution in [0, 0.1) is 5.92 Å². The molecule has 0 aliphatic heterocycles. The van der Waals surface area contributed by atoms with Gasteiger partial charge in [-0.15, -0.1) is 0 Å². The van der Waals surface area contributed by atoms with E-state index in [0.717, 1.165) is 11.2 Å². The van der Waals surface area contributed by atoms with Gasteiger partial charge in [0, 0.05) is 5.25 Å². The SMILES string of the molecule is CCC(C)[C@H](C)SSC. The van der Waals surface area contributed by atoms with Gasteiger partial charge in [-0.3, -0.25) is 0 Å². The van der Waals surface area contributed by atoms with Crippen LogP contribution in [0.5, 0.6) is 0 Å². The van der Waals surface area contributed by atoms with E-state index in [1.54, 1.807) is 0 Å². The number of hydrogen-bond acceptors (Lipinski definition) is 2. The zero-order chi connectivity index (χ0) is 7.28. The Bertz CT molecular complexity index is 63.9. The molecule has 0 fully saturated rings. The van der Waals surface area contributed by atoms with Crippen LogP contribution in [0.2, 0.25) is 0 Å². The Morgan fingerprint density at radius 2 is 1.89 bits per heavy atom. The molecule has 0 radical (unpaired) electrons. The molecule has 0 amide bonds. The van der Waals surface area contributed by atoms with Gasteiger partial charge in [0.1, 0.15) is 0 Å². The first-order valence-corrected chi connectivity index (χ1v) is 6.04. The summed E-state index contributed by atoms with van der Waals surface area (Å²) >= 11 is 0. The van der Waals surface area contributed by atoms with Crippen molar-refractivity contribution in [3.63, 3.8) is 0 Å². The highest BCUT2D eigenvalue weighted by Gasteiger charge is 2.08. The quantitative estimate of drug-likeness (QED) is 0.584. The molecule has 0 spiro atoms. The molecule has 0 bridgehead atoms. The maximum absolute atomic E-state index is 2.31. The highest BCUT2D eigenvalue weighted by molar-refractivity contribution is 8.76. The molecule has 0 rings (SSSR count). The van der Waals surface area contributed by atoms with Gasteiger partial charge in [-0.05, 0) is 12.2 Å². The van der Waals surface area contributed by atoms with Gasteiger partial charge >= 0.3 is 0 Å². The van der Waals surface area contributed by atoms with Crippen LogP contribution in [0.15, 0.2) is 0 Å². The lowest BCUT2D eigenvalue weighted by Crippen LogP contribution is -2.06. The highest BCUT2D eigenvalue weighted by Crippen LogP contribution is 2.29. The van der Waals surface area contributed by atoms with E-state index in [2.05, 4.69) is 27.0 Å². The first-order chi connectivity index (χ1) is 4.22. The standard InChI is InChI=1S/C7H16S2/c1-5-6(2)7(3)9-8-4/h6-7H,5H2,1-4H3/t6?,7-/m0/s1. The van der Waals surface area contributed by atoms with Gasteiger partial charge in [-0.1, -0.05) is 48.8 Å². The van der Waals surface area contributed by atoms with Gasteiger partial charge in [0.15, 0.2) is 0 Å². The molecular weight excluding hydrogens is 148 g/mol. The number of hydrogen-bond donors (Lipinski definition) is 0. The van der Waals surface area contributed by atoms with E-state index in [-0.39, 0.29) is 0 Å². The maximum atomic E-state index is 2.31. The van der Waals surface area contributed by atoms with Gasteiger partial charge in [0.2, 0.25) is 0 Å². The summed E-state index contributed by atoms with van der Waals surface area (Å²) in [5, 5.41) is 0.810. The van der Waals surface area contributed by atoms with Crippen LogP contribution in [-0.2, 0) is 0 Å². The fraction of sp³-hybridized carbons (Fsp3) is 1.00. The van der Waals surface area contributed by atoms with Crippen LogP contribution < -0.4 is 0 Å². The van der Waals surface area contributed by atoms with Crippen molar-refractivity contribution in [3.8, 4) is 0 Å². The first-order valence-electron chi connectivity index (χ1n) is 3.41. The van der Waals surface area contributed by atoms with Crippen molar-refractivity contribution in [2.45, 2.75) is 32.4 Å². The molecule has 0 saturated carbocycles. The summed E-state index contributed by atoms with van der Waals surface area (Å²) in [6.45, 7) is 6.87. The van der Waals surface area contributed by atoms with E-state index in [1.165, 1.54) is 6.42 Å². The minimum absolute atomic E-state index is 0.810. The molecule has 0 heterocycles. The second-order valence-electron chi connectivity index (χ2n) is 2.35. The lowest BCUT2D eigenvalue weighted by molar-refractivity contribution is 0.560. The van der Waals surface area contributed by atoms with Crippen LogP contribution in [0.1, 0.15) is 27.2 Å². The van der Waals surface area contributed by atoms with Gasteiger partial charge in [-0.2, -0.15) is 0 Å². The summed E-state index contributed by atoms with van der Waals surface area (Å²) in [6, 6.07) is 0. The van der Waals surface area contributed by atoms with E-state index in [4.69, 9.17) is 0 Å². The average Bonchev–Trinajstić information content (AvgIpc) is 1.87. The maximum Gasteiger partial charge on any atom is 0.0148 e. The zero-order valence-corrected chi connectivity index (χ0v) is 8.31. The van der Waals surface area contributed by atoms with Crippen molar-refractivity contribution in [1.29, 1.82) is 0 Å². The van der Waals surface area contributed by atoms with Crippen LogP contribution in [0.3, 0.4) is 0 Å². The molecule has 0 aromatic heterocycles. The Morgan fingerprint density at radius 3 is 2.22 bits per heavy atom. The smallest absolute Gasteiger partial charge is 0.0148 e. The predicted octanol–water partition coefficient (Wildman–Crippen LogP) is 3.43. The Morgan fingerprint density at radius 1 is 1.33 bits per heavy atom. The Labute approximate surface area is 66.6 Å². The van der Waals surface area contributed by atoms with Gasteiger partial charge in [0.05, 0.1) is 0 Å². The van der Waals surface area contributed by atoms with Crippen LogP contribution >= 0.6 is 21.6 Å². The van der Waals surface area contributed by atoms with Crippen molar-refractivity contribution in [3.05, 3.63) is 0 Å². The van der Waals surface area contributed by atoms with Crippen molar-refractivity contribution < 1.29 is 0 Å². The van der Waals surface area contributed by atoms with Crippen molar-refractivity contribution in [2.24, 2.45) is 5.92 Å². The molecule has 0 N–H and O–H groups in total. The van der Waals surface area contributed by atoms with Gasteiger partial charge < -0.3 is 0 Å². The number of rotatable bonds is 4. The van der Waals surface area contributed by atoms with E-state index >= 15 is 0 Å². The van der Waals surface area contributed by atoms with Crippen LogP contribution in [-0.4, -0.2) is 11.5 Å². The second-order valence-corrected chi connectivity index (χ2v) is 5.20. The summed E-state index contributed by atoms with van der Waals surface area (Å²) < 4.78 is 0. The monoisotopic (exact) mass is 164 g/mol. The van der Waals surface area contributed by atoms with Crippen molar-refractivity contribution in [1.82, 2.24) is 0 Å². The Kier molecular flexibility index (Phi) is 5.91. The molecule has 2 atom stereocenters. The van der Waals surface area contributed by atoms with Crippen molar-refractivity contribution in [2.75, 3.05) is 6.26 Å². The van der Waals surface area contributed by atoms with E-state index in [1.807, 2.05) is 21.6 Å². The fourth-order valence-corrected chi connectivity index (χ4v) is 2.74. The minimum Gasteiger partial charge on any atom is -0.0973 e. The first kappa shape index (κ1) is 9.70. The van der Waals surface area contributed by atoms with E-state index in [9.17, 15) is 0 Å². The molecule has 0 aliphatic carbocycles. The zero-order valence-electron chi connectivity index (χ0n) is 6.68. The third-order valence-electron chi connectivity index (χ3n) is 1.69. The molecular formula is C7H16S2. The Balaban J connectivity index is 3.32. The minimum atomic E-state index is 0.810. The highest BCUT2D eigenvalue weighted by atomic mass is 33.1. The third kappa shape index (κ3) is 4.15. The molecule has 0 aromatic rings. The lowest BCUT2D eigenvalue weighted by atomic mass is 10.1. The lowest BCUT2D eigenvalue weighted by Gasteiger charge is -2.15. The normalized spacial score (nSPS) is 17.3. The molecule has 2 heteroatoms. The van der Waals surface area contributed by atoms with E-state index in [0.29, 0.717) is 0 Å². The summed E-state index contributed by atoms with van der Waals surface area (Å²) in [7, 11) is 3.85. The summed E-state index contributed by atoms with van der Waals surface area (Å²) in [5.74, 6) is 0.863.